The maximum absolute atomic E-state index is 6.49. The van der Waals surface area contributed by atoms with E-state index in [2.05, 4.69) is 34.3 Å². The molecule has 3 rings (SSSR count). The van der Waals surface area contributed by atoms with Crippen molar-refractivity contribution in [2.45, 2.75) is 24.8 Å². The van der Waals surface area contributed by atoms with Gasteiger partial charge >= 0.3 is 0 Å². The summed E-state index contributed by atoms with van der Waals surface area (Å²) in [7, 11) is 1.91. The fraction of sp³-hybridized carbons (Fsp3) is 0.385. The van der Waals surface area contributed by atoms with Gasteiger partial charge in [-0.25, -0.2) is 4.98 Å². The average molecular weight is 228 g/mol. The summed E-state index contributed by atoms with van der Waals surface area (Å²) in [5, 5.41) is 4.09. The molecule has 0 spiro atoms. The molecular formula is C13H16N4. The molecule has 1 aliphatic rings. The summed E-state index contributed by atoms with van der Waals surface area (Å²) in [5.74, 6) is 0.959. The molecule has 1 aromatic carbocycles. The van der Waals surface area contributed by atoms with E-state index < -0.39 is 0 Å². The second-order valence-corrected chi connectivity index (χ2v) is 4.96. The van der Waals surface area contributed by atoms with Gasteiger partial charge in [0.05, 0.1) is 0 Å². The monoisotopic (exact) mass is 228 g/mol. The van der Waals surface area contributed by atoms with Crippen molar-refractivity contribution in [1.82, 2.24) is 14.8 Å². The Morgan fingerprint density at radius 2 is 1.94 bits per heavy atom. The van der Waals surface area contributed by atoms with Crippen LogP contribution in [0.1, 0.15) is 17.0 Å². The minimum absolute atomic E-state index is 0.204. The Bertz CT molecular complexity index is 519. The summed E-state index contributed by atoms with van der Waals surface area (Å²) in [6, 6.07) is 8.49. The van der Waals surface area contributed by atoms with Gasteiger partial charge in [-0.3, -0.25) is 4.68 Å². The normalized spacial score (nSPS) is 17.1. The molecule has 2 aromatic rings. The Hall–Kier alpha value is -1.68. The zero-order valence-corrected chi connectivity index (χ0v) is 9.93. The summed E-state index contributed by atoms with van der Waals surface area (Å²) in [5.41, 5.74) is 9.03. The van der Waals surface area contributed by atoms with Crippen LogP contribution in [0.5, 0.6) is 0 Å². The maximum atomic E-state index is 6.49. The minimum atomic E-state index is -0.204. The summed E-state index contributed by atoms with van der Waals surface area (Å²) in [4.78, 5) is 4.26. The van der Waals surface area contributed by atoms with Crippen molar-refractivity contribution in [1.29, 1.82) is 0 Å². The van der Waals surface area contributed by atoms with Gasteiger partial charge in [-0.2, -0.15) is 5.10 Å². The number of benzene rings is 1. The van der Waals surface area contributed by atoms with Crippen LogP contribution in [0.25, 0.3) is 0 Å². The first-order valence-corrected chi connectivity index (χ1v) is 5.85. The van der Waals surface area contributed by atoms with Crippen LogP contribution < -0.4 is 5.73 Å². The first-order chi connectivity index (χ1) is 8.16. The second-order valence-electron chi connectivity index (χ2n) is 4.96. The topological polar surface area (TPSA) is 56.7 Å². The number of aryl methyl sites for hydroxylation is 1. The van der Waals surface area contributed by atoms with E-state index in [0.29, 0.717) is 0 Å². The molecule has 0 atom stereocenters. The second kappa shape index (κ2) is 3.67. The van der Waals surface area contributed by atoms with Gasteiger partial charge < -0.3 is 5.73 Å². The van der Waals surface area contributed by atoms with Gasteiger partial charge in [0.1, 0.15) is 12.2 Å². The molecule has 1 heterocycles. The quantitative estimate of drug-likeness (QED) is 0.829. The number of hydrogen-bond acceptors (Lipinski definition) is 3. The summed E-state index contributed by atoms with van der Waals surface area (Å²) >= 11 is 0. The van der Waals surface area contributed by atoms with Gasteiger partial charge in [0.25, 0.3) is 0 Å². The van der Waals surface area contributed by atoms with Gasteiger partial charge in [-0.05, 0) is 24.0 Å². The number of rotatable bonds is 2. The lowest BCUT2D eigenvalue weighted by Crippen LogP contribution is -2.43. The van der Waals surface area contributed by atoms with Crippen molar-refractivity contribution in [3.63, 3.8) is 0 Å². The van der Waals surface area contributed by atoms with Gasteiger partial charge in [0.15, 0.2) is 0 Å². The van der Waals surface area contributed by atoms with Gasteiger partial charge in [-0.1, -0.05) is 24.3 Å². The van der Waals surface area contributed by atoms with Crippen LogP contribution in [-0.2, 0) is 26.3 Å². The van der Waals surface area contributed by atoms with Crippen LogP contribution in [-0.4, -0.2) is 20.3 Å². The van der Waals surface area contributed by atoms with Crippen molar-refractivity contribution in [2.75, 3.05) is 0 Å². The highest BCUT2D eigenvalue weighted by atomic mass is 15.3. The Morgan fingerprint density at radius 1 is 1.29 bits per heavy atom. The molecule has 0 bridgehead atoms. The average Bonchev–Trinajstić information content (AvgIpc) is 2.82. The first kappa shape index (κ1) is 10.5. The van der Waals surface area contributed by atoms with E-state index >= 15 is 0 Å². The Morgan fingerprint density at radius 3 is 2.47 bits per heavy atom. The van der Waals surface area contributed by atoms with E-state index in [1.807, 2.05) is 7.05 Å². The lowest BCUT2D eigenvalue weighted by atomic mass is 9.92. The van der Waals surface area contributed by atoms with Gasteiger partial charge in [0.2, 0.25) is 0 Å². The summed E-state index contributed by atoms with van der Waals surface area (Å²) in [6.45, 7) is 0. The Labute approximate surface area is 100 Å². The largest absolute Gasteiger partial charge is 0.324 e. The van der Waals surface area contributed by atoms with E-state index in [0.717, 1.165) is 25.1 Å². The van der Waals surface area contributed by atoms with E-state index in [9.17, 15) is 0 Å². The smallest absolute Gasteiger partial charge is 0.138 e. The van der Waals surface area contributed by atoms with E-state index in [1.54, 1.807) is 11.0 Å². The van der Waals surface area contributed by atoms with E-state index in [4.69, 9.17) is 5.73 Å². The highest BCUT2D eigenvalue weighted by Gasteiger charge is 2.34. The van der Waals surface area contributed by atoms with Crippen molar-refractivity contribution in [3.8, 4) is 0 Å². The Balaban J connectivity index is 1.84. The van der Waals surface area contributed by atoms with Crippen LogP contribution in [0.3, 0.4) is 0 Å². The standard InChI is InChI=1S/C13H16N4/c1-17-12(15-9-16-17)8-13(14)6-10-4-2-3-5-11(10)7-13/h2-5,9H,6-8,14H2,1H3. The molecule has 0 saturated heterocycles. The number of nitrogens with two attached hydrogens (primary N) is 1. The lowest BCUT2D eigenvalue weighted by molar-refractivity contribution is 0.427. The highest BCUT2D eigenvalue weighted by Crippen LogP contribution is 2.30. The van der Waals surface area contributed by atoms with E-state index in [-0.39, 0.29) is 5.54 Å². The van der Waals surface area contributed by atoms with Crippen molar-refractivity contribution >= 4 is 0 Å². The third kappa shape index (κ3) is 1.85. The zero-order chi connectivity index (χ0) is 11.9. The molecule has 0 aliphatic heterocycles. The third-order valence-corrected chi connectivity index (χ3v) is 3.52. The van der Waals surface area contributed by atoms with Gasteiger partial charge in [-0.15, -0.1) is 0 Å². The zero-order valence-electron chi connectivity index (χ0n) is 9.93. The molecule has 4 heteroatoms. The summed E-state index contributed by atoms with van der Waals surface area (Å²) < 4.78 is 1.80. The molecular weight excluding hydrogens is 212 g/mol. The first-order valence-electron chi connectivity index (χ1n) is 5.85. The molecule has 1 aromatic heterocycles. The number of nitrogens with zero attached hydrogens (tertiary/aromatic N) is 3. The van der Waals surface area contributed by atoms with Crippen LogP contribution in [0.4, 0.5) is 0 Å². The number of fused-ring (bicyclic) bond motifs is 1. The van der Waals surface area contributed by atoms with Gasteiger partial charge in [0, 0.05) is 19.0 Å². The molecule has 0 unspecified atom stereocenters. The number of hydrogen-bond donors (Lipinski definition) is 1. The Kier molecular flexibility index (Phi) is 2.26. The molecule has 0 radical (unpaired) electrons. The molecule has 88 valence electrons. The van der Waals surface area contributed by atoms with Crippen LogP contribution in [0.15, 0.2) is 30.6 Å². The van der Waals surface area contributed by atoms with Crippen molar-refractivity contribution in [2.24, 2.45) is 12.8 Å². The van der Waals surface area contributed by atoms with Crippen LogP contribution in [0, 0.1) is 0 Å². The fourth-order valence-corrected chi connectivity index (χ4v) is 2.64. The van der Waals surface area contributed by atoms with Crippen LogP contribution in [0.2, 0.25) is 0 Å². The molecule has 17 heavy (non-hydrogen) atoms. The molecule has 2 N–H and O–H groups in total. The molecule has 0 fully saturated rings. The van der Waals surface area contributed by atoms with Crippen molar-refractivity contribution < 1.29 is 0 Å². The van der Waals surface area contributed by atoms with Crippen molar-refractivity contribution in [3.05, 3.63) is 47.5 Å². The maximum Gasteiger partial charge on any atom is 0.138 e. The van der Waals surface area contributed by atoms with Crippen LogP contribution >= 0.6 is 0 Å². The highest BCUT2D eigenvalue weighted by molar-refractivity contribution is 5.36. The molecule has 1 aliphatic carbocycles. The SMILES string of the molecule is Cn1ncnc1CC1(N)Cc2ccccc2C1. The third-order valence-electron chi connectivity index (χ3n) is 3.52. The van der Waals surface area contributed by atoms with E-state index in [1.165, 1.54) is 11.1 Å². The predicted octanol–water partition coefficient (Wildman–Crippen LogP) is 0.854. The molecule has 4 nitrogen and oxygen atoms in total. The fourth-order valence-electron chi connectivity index (χ4n) is 2.64. The summed E-state index contributed by atoms with van der Waals surface area (Å²) in [6.07, 6.45) is 4.21. The lowest BCUT2D eigenvalue weighted by Gasteiger charge is -2.22. The predicted molar refractivity (Wildman–Crippen MR) is 65.5 cm³/mol. The molecule has 0 amide bonds. The minimum Gasteiger partial charge on any atom is -0.324 e. The molecule has 0 saturated carbocycles. The number of aromatic nitrogens is 3.